The standard InChI is InChI=1S/C48H48N8O8/c1-47(2,45(57)58)61-26-30-22-43(29-9-5-11-35(21-29)64-33-18-19-33)56(54-30)41-15-6-12-36-39(51-52-44(36)41)24-48(3,46(59)60)62-27-31-23-42(28-8-4-10-34(20-28)63-32-16-17-32)55(53-31)40-14-7-13-38-37(40)25-49-50-38/h4-15,20-23,25,32-33,45,57-58H,16-19,24,26-27H2,1-3H3,(H,49,50)(H,51,52)(H,59,60). The highest BCUT2D eigenvalue weighted by molar-refractivity contribution is 5.90. The minimum atomic E-state index is -1.71. The zero-order chi connectivity index (χ0) is 44.2. The van der Waals surface area contributed by atoms with Crippen LogP contribution in [0.5, 0.6) is 11.5 Å². The third-order valence-electron chi connectivity index (χ3n) is 11.7. The molecule has 0 radical (unpaired) electrons. The van der Waals surface area contributed by atoms with Crippen LogP contribution in [0.3, 0.4) is 0 Å². The molecule has 2 aliphatic carbocycles. The van der Waals surface area contributed by atoms with Gasteiger partial charge in [0.15, 0.2) is 11.9 Å². The average Bonchev–Trinajstić information content (AvgIpc) is 4.03. The number of hydrogen-bond donors (Lipinski definition) is 5. The summed E-state index contributed by atoms with van der Waals surface area (Å²) >= 11 is 0. The van der Waals surface area contributed by atoms with Crippen molar-refractivity contribution in [2.45, 2.75) is 95.8 Å². The monoisotopic (exact) mass is 864 g/mol. The first-order chi connectivity index (χ1) is 30.9. The molecule has 8 aromatic rings. The first-order valence-electron chi connectivity index (χ1n) is 21.4. The predicted octanol–water partition coefficient (Wildman–Crippen LogP) is 7.44. The van der Waals surface area contributed by atoms with Crippen LogP contribution in [0.15, 0.2) is 103 Å². The van der Waals surface area contributed by atoms with Gasteiger partial charge in [0, 0.05) is 28.3 Å². The lowest BCUT2D eigenvalue weighted by molar-refractivity contribution is -0.197. The van der Waals surface area contributed by atoms with Crippen LogP contribution in [0, 0.1) is 0 Å². The van der Waals surface area contributed by atoms with Crippen LogP contribution in [0.4, 0.5) is 0 Å². The second-order valence-corrected chi connectivity index (χ2v) is 17.3. The van der Waals surface area contributed by atoms with Crippen molar-refractivity contribution in [3.8, 4) is 45.4 Å². The Hall–Kier alpha value is -6.85. The summed E-state index contributed by atoms with van der Waals surface area (Å²) < 4.78 is 28.1. The molecule has 64 heavy (non-hydrogen) atoms. The average molecular weight is 865 g/mol. The fraction of sp³-hybridized carbons (Fsp3) is 0.312. The quantitative estimate of drug-likeness (QED) is 0.0534. The molecule has 10 rings (SSSR count). The van der Waals surface area contributed by atoms with Gasteiger partial charge in [-0.2, -0.15) is 20.4 Å². The number of para-hydroxylation sites is 1. The Morgan fingerprint density at radius 2 is 1.31 bits per heavy atom. The van der Waals surface area contributed by atoms with Gasteiger partial charge < -0.3 is 34.3 Å². The minimum Gasteiger partial charge on any atom is -0.490 e. The molecule has 2 aliphatic rings. The number of carbonyl (C=O) groups is 1. The lowest BCUT2D eigenvalue weighted by Crippen LogP contribution is -2.40. The summed E-state index contributed by atoms with van der Waals surface area (Å²) in [7, 11) is 0. The number of aromatic amines is 2. The summed E-state index contributed by atoms with van der Waals surface area (Å²) in [5.41, 5.74) is 4.77. The highest BCUT2D eigenvalue weighted by Crippen LogP contribution is 2.36. The maximum Gasteiger partial charge on any atom is 0.336 e. The number of nitrogens with zero attached hydrogens (tertiary/aromatic N) is 6. The number of nitrogens with one attached hydrogen (secondary N) is 2. The summed E-state index contributed by atoms with van der Waals surface area (Å²) in [6, 6.07) is 31.0. The molecule has 1 unspecified atom stereocenters. The molecule has 16 heteroatoms. The molecule has 0 saturated heterocycles. The fourth-order valence-electron chi connectivity index (χ4n) is 7.60. The topological polar surface area (TPSA) is 208 Å². The number of aromatic nitrogens is 8. The first kappa shape index (κ1) is 41.2. The number of ether oxygens (including phenoxy) is 4. The largest absolute Gasteiger partial charge is 0.490 e. The Balaban J connectivity index is 0.959. The highest BCUT2D eigenvalue weighted by atomic mass is 16.6. The number of fused-ring (bicyclic) bond motifs is 2. The zero-order valence-electron chi connectivity index (χ0n) is 35.6. The Bertz CT molecular complexity index is 2990. The number of hydrogen-bond acceptors (Lipinski definition) is 11. The van der Waals surface area contributed by atoms with Gasteiger partial charge in [-0.05, 0) is 101 Å². The van der Waals surface area contributed by atoms with Gasteiger partial charge in [-0.3, -0.25) is 10.2 Å². The molecule has 1 atom stereocenters. The summed E-state index contributed by atoms with van der Waals surface area (Å²) in [4.78, 5) is 13.2. The predicted molar refractivity (Wildman–Crippen MR) is 236 cm³/mol. The lowest BCUT2D eigenvalue weighted by atomic mass is 9.98. The molecule has 4 aromatic carbocycles. The van der Waals surface area contributed by atoms with E-state index in [0.29, 0.717) is 33.7 Å². The van der Waals surface area contributed by atoms with Crippen LogP contribution >= 0.6 is 0 Å². The van der Waals surface area contributed by atoms with E-state index in [1.165, 1.54) is 0 Å². The fourth-order valence-corrected chi connectivity index (χ4v) is 7.60. The van der Waals surface area contributed by atoms with Gasteiger partial charge >= 0.3 is 5.97 Å². The maximum atomic E-state index is 13.2. The molecule has 4 heterocycles. The number of carboxylic acid groups (broad SMARTS) is 1. The maximum absolute atomic E-state index is 13.2. The van der Waals surface area contributed by atoms with Gasteiger partial charge in [-0.25, -0.2) is 14.2 Å². The summed E-state index contributed by atoms with van der Waals surface area (Å²) in [5, 5.41) is 57.1. The molecule has 0 aliphatic heterocycles. The van der Waals surface area contributed by atoms with E-state index in [2.05, 4.69) is 20.4 Å². The van der Waals surface area contributed by atoms with E-state index in [1.54, 1.807) is 31.6 Å². The second kappa shape index (κ2) is 16.4. The third-order valence-corrected chi connectivity index (χ3v) is 11.7. The Kier molecular flexibility index (Phi) is 10.5. The minimum absolute atomic E-state index is 0.00135. The first-order valence-corrected chi connectivity index (χ1v) is 21.4. The molecule has 0 spiro atoms. The number of aliphatic hydroxyl groups excluding tert-OH is 1. The number of aliphatic hydroxyl groups is 2. The molecule has 0 amide bonds. The van der Waals surface area contributed by atoms with E-state index in [9.17, 15) is 20.1 Å². The molecular weight excluding hydrogens is 817 g/mol. The van der Waals surface area contributed by atoms with Crippen LogP contribution < -0.4 is 9.47 Å². The smallest absolute Gasteiger partial charge is 0.336 e. The van der Waals surface area contributed by atoms with Gasteiger partial charge in [-0.1, -0.05) is 42.5 Å². The second-order valence-electron chi connectivity index (χ2n) is 17.3. The van der Waals surface area contributed by atoms with Crippen molar-refractivity contribution in [1.82, 2.24) is 40.0 Å². The number of carboxylic acids is 1. The van der Waals surface area contributed by atoms with Crippen LogP contribution in [0.1, 0.15) is 63.5 Å². The van der Waals surface area contributed by atoms with Crippen molar-refractivity contribution in [1.29, 1.82) is 0 Å². The Labute approximate surface area is 367 Å². The summed E-state index contributed by atoms with van der Waals surface area (Å²) in [6.45, 7) is 4.62. The van der Waals surface area contributed by atoms with Gasteiger partial charge in [0.2, 0.25) is 0 Å². The van der Waals surface area contributed by atoms with Crippen LogP contribution in [0.25, 0.3) is 55.7 Å². The molecule has 2 saturated carbocycles. The summed E-state index contributed by atoms with van der Waals surface area (Å²) in [5.74, 6) is 0.362. The Morgan fingerprint density at radius 3 is 1.92 bits per heavy atom. The van der Waals surface area contributed by atoms with Crippen LogP contribution in [-0.4, -0.2) is 90.9 Å². The Morgan fingerprint density at radius 1 is 0.734 bits per heavy atom. The molecule has 328 valence electrons. The third kappa shape index (κ3) is 8.35. The zero-order valence-corrected chi connectivity index (χ0v) is 35.6. The summed E-state index contributed by atoms with van der Waals surface area (Å²) in [6.07, 6.45) is 4.55. The van der Waals surface area contributed by atoms with E-state index in [-0.39, 0.29) is 31.8 Å². The number of aliphatic carboxylic acids is 1. The number of H-pyrrole nitrogens is 2. The van der Waals surface area contributed by atoms with E-state index >= 15 is 0 Å². The molecule has 2 fully saturated rings. The van der Waals surface area contributed by atoms with E-state index < -0.39 is 23.5 Å². The van der Waals surface area contributed by atoms with Crippen molar-refractivity contribution in [3.05, 3.63) is 120 Å². The van der Waals surface area contributed by atoms with Crippen LogP contribution in [0.2, 0.25) is 0 Å². The van der Waals surface area contributed by atoms with E-state index in [4.69, 9.17) is 29.1 Å². The lowest BCUT2D eigenvalue weighted by Gasteiger charge is -2.26. The van der Waals surface area contributed by atoms with Crippen molar-refractivity contribution in [2.75, 3.05) is 0 Å². The SMILES string of the molecule is CC(Cc1n[nH]c2c(-n3nc(COC(C)(C)C(O)O)cc3-c3cccc(OC4CC4)c3)cccc12)(OCc1cc(-c2cccc(OC3CC3)c2)n(-c2cccc3[nH]ncc23)n1)C(=O)O. The molecular formula is C48H48N8O8. The number of benzene rings is 4. The van der Waals surface area contributed by atoms with Gasteiger partial charge in [0.05, 0.1) is 82.5 Å². The van der Waals surface area contributed by atoms with Crippen molar-refractivity contribution >= 4 is 27.8 Å². The number of rotatable bonds is 18. The highest BCUT2D eigenvalue weighted by Gasteiger charge is 2.37. The molecule has 0 bridgehead atoms. The van der Waals surface area contributed by atoms with Crippen LogP contribution in [-0.2, 0) is 33.9 Å². The van der Waals surface area contributed by atoms with Gasteiger partial charge in [-0.15, -0.1) is 0 Å². The van der Waals surface area contributed by atoms with E-state index in [0.717, 1.165) is 76.3 Å². The van der Waals surface area contributed by atoms with Crippen molar-refractivity contribution in [2.24, 2.45) is 0 Å². The molecule has 4 aromatic heterocycles. The van der Waals surface area contributed by atoms with Gasteiger partial charge in [0.25, 0.3) is 0 Å². The van der Waals surface area contributed by atoms with E-state index in [1.807, 2.05) is 102 Å². The van der Waals surface area contributed by atoms with Gasteiger partial charge in [0.1, 0.15) is 17.1 Å². The normalized spacial score (nSPS) is 15.3. The molecule has 5 N–H and O–H groups in total. The van der Waals surface area contributed by atoms with Crippen molar-refractivity contribution < 1.29 is 39.1 Å². The van der Waals surface area contributed by atoms with Crippen molar-refractivity contribution in [3.63, 3.8) is 0 Å². The molecule has 16 nitrogen and oxygen atoms in total.